The molecule has 0 atom stereocenters. The average Bonchev–Trinajstić information content (AvgIpc) is 2.41. The second-order valence-electron chi connectivity index (χ2n) is 4.77. The molecule has 21 heavy (non-hydrogen) atoms. The summed E-state index contributed by atoms with van der Waals surface area (Å²) < 4.78 is 1.50. The highest BCUT2D eigenvalue weighted by Gasteiger charge is 2.07. The number of aromatic nitrogens is 1. The number of hydrogen-bond donors (Lipinski definition) is 2. The van der Waals surface area contributed by atoms with E-state index in [9.17, 15) is 9.59 Å². The maximum Gasteiger partial charge on any atom is 0.250 e. The molecule has 0 radical (unpaired) electrons. The number of nitrogens with one attached hydrogen (secondary N) is 1. The number of nitrogens with zero attached hydrogens (tertiary/aromatic N) is 1. The summed E-state index contributed by atoms with van der Waals surface area (Å²) in [6, 6.07) is 8.24. The van der Waals surface area contributed by atoms with Gasteiger partial charge in [0.25, 0.3) is 5.56 Å². The highest BCUT2D eigenvalue weighted by Crippen LogP contribution is 2.24. The number of nitrogens with two attached hydrogens (primary N) is 1. The Kier molecular flexibility index (Phi) is 4.65. The van der Waals surface area contributed by atoms with E-state index in [1.807, 2.05) is 13.0 Å². The number of halogens is 1. The van der Waals surface area contributed by atoms with Gasteiger partial charge in [-0.2, -0.15) is 0 Å². The topological polar surface area (TPSA) is 77.1 Å². The van der Waals surface area contributed by atoms with Crippen LogP contribution >= 0.6 is 11.6 Å². The molecule has 1 aromatic heterocycles. The first-order chi connectivity index (χ1) is 9.95. The van der Waals surface area contributed by atoms with Gasteiger partial charge >= 0.3 is 0 Å². The predicted molar refractivity (Wildman–Crippen MR) is 84.6 cm³/mol. The molecule has 0 aliphatic rings. The van der Waals surface area contributed by atoms with Crippen molar-refractivity contribution in [2.45, 2.75) is 19.9 Å². The van der Waals surface area contributed by atoms with Crippen molar-refractivity contribution in [2.24, 2.45) is 0 Å². The molecule has 110 valence electrons. The molecule has 5 nitrogen and oxygen atoms in total. The van der Waals surface area contributed by atoms with Gasteiger partial charge in [-0.3, -0.25) is 9.59 Å². The molecule has 2 aromatic rings. The fraction of sp³-hybridized carbons (Fsp3) is 0.200. The van der Waals surface area contributed by atoms with E-state index >= 15 is 0 Å². The third-order valence-corrected chi connectivity index (χ3v) is 3.31. The number of hydrogen-bond acceptors (Lipinski definition) is 3. The van der Waals surface area contributed by atoms with Gasteiger partial charge in [0, 0.05) is 30.9 Å². The Hall–Kier alpha value is -2.27. The largest absolute Gasteiger partial charge is 0.399 e. The Labute approximate surface area is 127 Å². The summed E-state index contributed by atoms with van der Waals surface area (Å²) in [5.41, 5.74) is 7.41. The number of benzene rings is 1. The molecule has 1 amide bonds. The summed E-state index contributed by atoms with van der Waals surface area (Å²) in [5, 5.41) is 3.08. The Morgan fingerprint density at radius 2 is 2.10 bits per heavy atom. The third-order valence-electron chi connectivity index (χ3n) is 3.00. The van der Waals surface area contributed by atoms with E-state index < -0.39 is 0 Å². The molecule has 2 rings (SSSR count). The second-order valence-corrected chi connectivity index (χ2v) is 5.18. The van der Waals surface area contributed by atoms with Crippen molar-refractivity contribution >= 4 is 28.9 Å². The first kappa shape index (κ1) is 15.1. The second kappa shape index (κ2) is 6.45. The van der Waals surface area contributed by atoms with E-state index in [4.69, 9.17) is 17.3 Å². The zero-order valence-electron chi connectivity index (χ0n) is 11.6. The fourth-order valence-corrected chi connectivity index (χ4v) is 2.10. The molecular weight excluding hydrogens is 290 g/mol. The Morgan fingerprint density at radius 3 is 2.76 bits per heavy atom. The fourth-order valence-electron chi connectivity index (χ4n) is 1.86. The number of carbonyl (C=O) groups excluding carboxylic acids is 1. The van der Waals surface area contributed by atoms with Crippen molar-refractivity contribution in [2.75, 3.05) is 11.1 Å². The number of nitrogen functional groups attached to an aromatic ring is 1. The van der Waals surface area contributed by atoms with Crippen molar-refractivity contribution in [3.63, 3.8) is 0 Å². The standard InChI is InChI=1S/C15H16ClN3O2/c1-10-4-6-19(15(21)8-10)7-5-14(20)18-13-3-2-11(17)9-12(13)16/h2-4,6,8-9H,5,7,17H2,1H3,(H,18,20). The average molecular weight is 306 g/mol. The van der Waals surface area contributed by atoms with E-state index in [-0.39, 0.29) is 17.9 Å². The van der Waals surface area contributed by atoms with Crippen LogP contribution in [0.15, 0.2) is 41.3 Å². The minimum absolute atomic E-state index is 0.117. The van der Waals surface area contributed by atoms with Crippen LogP contribution in [0.2, 0.25) is 5.02 Å². The molecular formula is C15H16ClN3O2. The van der Waals surface area contributed by atoms with E-state index in [0.717, 1.165) is 5.56 Å². The van der Waals surface area contributed by atoms with Crippen LogP contribution < -0.4 is 16.6 Å². The van der Waals surface area contributed by atoms with E-state index in [2.05, 4.69) is 5.32 Å². The molecule has 0 saturated carbocycles. The quantitative estimate of drug-likeness (QED) is 0.852. The van der Waals surface area contributed by atoms with Crippen molar-refractivity contribution in [3.8, 4) is 0 Å². The monoisotopic (exact) mass is 305 g/mol. The SMILES string of the molecule is Cc1ccn(CCC(=O)Nc2ccc(N)cc2Cl)c(=O)c1. The Bertz CT molecular complexity index is 725. The maximum atomic E-state index is 11.9. The molecule has 0 spiro atoms. The number of aryl methyl sites for hydroxylation is 2. The molecule has 0 fully saturated rings. The van der Waals surface area contributed by atoms with Gasteiger partial charge in [0.1, 0.15) is 0 Å². The zero-order chi connectivity index (χ0) is 15.4. The maximum absolute atomic E-state index is 11.9. The first-order valence-electron chi connectivity index (χ1n) is 6.47. The molecule has 1 aromatic carbocycles. The molecule has 0 unspecified atom stereocenters. The first-order valence-corrected chi connectivity index (χ1v) is 6.85. The smallest absolute Gasteiger partial charge is 0.250 e. The predicted octanol–water partition coefficient (Wildman–Crippen LogP) is 2.42. The van der Waals surface area contributed by atoms with Gasteiger partial charge < -0.3 is 15.6 Å². The van der Waals surface area contributed by atoms with Crippen LogP contribution in [0.3, 0.4) is 0 Å². The summed E-state index contributed by atoms with van der Waals surface area (Å²) in [6.45, 7) is 2.17. The van der Waals surface area contributed by atoms with Crippen molar-refractivity contribution < 1.29 is 4.79 Å². The Morgan fingerprint density at radius 1 is 1.33 bits per heavy atom. The van der Waals surface area contributed by atoms with Gasteiger partial charge in [-0.15, -0.1) is 0 Å². The van der Waals surface area contributed by atoms with Crippen molar-refractivity contribution in [3.05, 3.63) is 57.5 Å². The van der Waals surface area contributed by atoms with Gasteiger partial charge in [-0.05, 0) is 36.8 Å². The summed E-state index contributed by atoms with van der Waals surface area (Å²) in [6.07, 6.45) is 1.87. The van der Waals surface area contributed by atoms with Crippen LogP contribution in [0.25, 0.3) is 0 Å². The molecule has 0 aliphatic carbocycles. The molecule has 0 aliphatic heterocycles. The lowest BCUT2D eigenvalue weighted by atomic mass is 10.2. The number of carbonyl (C=O) groups is 1. The molecule has 3 N–H and O–H groups in total. The van der Waals surface area contributed by atoms with Crippen LogP contribution in [0.5, 0.6) is 0 Å². The van der Waals surface area contributed by atoms with Crippen LogP contribution in [0.1, 0.15) is 12.0 Å². The normalized spacial score (nSPS) is 10.4. The van der Waals surface area contributed by atoms with E-state index in [1.54, 1.807) is 24.4 Å². The van der Waals surface area contributed by atoms with Gasteiger partial charge in [0.15, 0.2) is 0 Å². The van der Waals surface area contributed by atoms with Crippen LogP contribution in [0, 0.1) is 6.92 Å². The number of anilines is 2. The summed E-state index contributed by atoms with van der Waals surface area (Å²) in [4.78, 5) is 23.6. The lowest BCUT2D eigenvalue weighted by Gasteiger charge is -2.09. The van der Waals surface area contributed by atoms with Gasteiger partial charge in [0.2, 0.25) is 5.91 Å². The number of pyridine rings is 1. The van der Waals surface area contributed by atoms with E-state index in [1.165, 1.54) is 10.6 Å². The third kappa shape index (κ3) is 4.10. The highest BCUT2D eigenvalue weighted by molar-refractivity contribution is 6.34. The summed E-state index contributed by atoms with van der Waals surface area (Å²) in [7, 11) is 0. The Balaban J connectivity index is 1.97. The summed E-state index contributed by atoms with van der Waals surface area (Å²) >= 11 is 5.98. The van der Waals surface area contributed by atoms with Crippen LogP contribution in [-0.2, 0) is 11.3 Å². The minimum Gasteiger partial charge on any atom is -0.399 e. The van der Waals surface area contributed by atoms with Gasteiger partial charge in [-0.25, -0.2) is 0 Å². The highest BCUT2D eigenvalue weighted by atomic mass is 35.5. The molecule has 0 saturated heterocycles. The van der Waals surface area contributed by atoms with Crippen LogP contribution in [0.4, 0.5) is 11.4 Å². The van der Waals surface area contributed by atoms with Crippen molar-refractivity contribution in [1.29, 1.82) is 0 Å². The summed E-state index contributed by atoms with van der Waals surface area (Å²) in [5.74, 6) is -0.214. The molecule has 6 heteroatoms. The molecule has 1 heterocycles. The molecule has 0 bridgehead atoms. The zero-order valence-corrected chi connectivity index (χ0v) is 12.4. The minimum atomic E-state index is -0.214. The van der Waals surface area contributed by atoms with Gasteiger partial charge in [-0.1, -0.05) is 11.6 Å². The number of rotatable bonds is 4. The van der Waals surface area contributed by atoms with E-state index in [0.29, 0.717) is 22.9 Å². The lowest BCUT2D eigenvalue weighted by molar-refractivity contribution is -0.116. The number of amides is 1. The van der Waals surface area contributed by atoms with Crippen LogP contribution in [-0.4, -0.2) is 10.5 Å². The van der Waals surface area contributed by atoms with Crippen molar-refractivity contribution in [1.82, 2.24) is 4.57 Å². The van der Waals surface area contributed by atoms with Gasteiger partial charge in [0.05, 0.1) is 10.7 Å². The lowest BCUT2D eigenvalue weighted by Crippen LogP contribution is -2.22.